The minimum Gasteiger partial charge on any atom is -0.493 e. The molecular weight excluding hydrogens is 593 g/mol. The zero-order chi connectivity index (χ0) is 25.8. The molecule has 0 aliphatic carbocycles. The molecule has 0 saturated carbocycles. The molecule has 3 aromatic carbocycles. The van der Waals surface area contributed by atoms with Gasteiger partial charge in [-0.3, -0.25) is 9.10 Å². The van der Waals surface area contributed by atoms with Gasteiger partial charge in [0.15, 0.2) is 23.1 Å². The number of likely N-dealkylation sites (N-methyl/N-ethyl adjacent to an activating group) is 1. The van der Waals surface area contributed by atoms with Crippen LogP contribution in [0.25, 0.3) is 0 Å². The van der Waals surface area contributed by atoms with Crippen molar-refractivity contribution in [3.63, 3.8) is 0 Å². The summed E-state index contributed by atoms with van der Waals surface area (Å²) in [6.45, 7) is -0.535. The van der Waals surface area contributed by atoms with E-state index in [-0.39, 0.29) is 28.3 Å². The number of sulfonamides is 1. The molecule has 0 atom stereocenters. The quantitative estimate of drug-likeness (QED) is 0.366. The van der Waals surface area contributed by atoms with E-state index in [0.717, 1.165) is 13.9 Å². The fourth-order valence-electron chi connectivity index (χ4n) is 3.44. The van der Waals surface area contributed by atoms with Crippen molar-refractivity contribution in [2.24, 2.45) is 0 Å². The molecule has 0 saturated heterocycles. The zero-order valence-electron chi connectivity index (χ0n) is 19.1. The van der Waals surface area contributed by atoms with Crippen molar-refractivity contribution in [3.05, 3.63) is 80.9 Å². The van der Waals surface area contributed by atoms with Crippen LogP contribution in [0, 0.1) is 15.2 Å². The Morgan fingerprint density at radius 1 is 1.00 bits per heavy atom. The van der Waals surface area contributed by atoms with E-state index in [0.29, 0.717) is 11.3 Å². The molecule has 0 aliphatic rings. The topological polar surface area (TPSA) is 84.9 Å². The summed E-state index contributed by atoms with van der Waals surface area (Å²) in [6, 6.07) is 12.8. The van der Waals surface area contributed by atoms with Gasteiger partial charge in [-0.1, -0.05) is 12.1 Å². The van der Waals surface area contributed by atoms with Crippen LogP contribution in [0.2, 0.25) is 0 Å². The van der Waals surface area contributed by atoms with Crippen LogP contribution >= 0.6 is 22.6 Å². The van der Waals surface area contributed by atoms with Crippen LogP contribution in [0.15, 0.2) is 59.5 Å². The van der Waals surface area contributed by atoms with Crippen molar-refractivity contribution in [1.82, 2.24) is 5.32 Å². The van der Waals surface area contributed by atoms with Crippen LogP contribution < -0.4 is 19.1 Å². The molecule has 0 bridgehead atoms. The Morgan fingerprint density at radius 2 is 1.71 bits per heavy atom. The first kappa shape index (κ1) is 26.7. The van der Waals surface area contributed by atoms with E-state index in [1.54, 1.807) is 12.1 Å². The van der Waals surface area contributed by atoms with E-state index in [2.05, 4.69) is 5.32 Å². The number of carbonyl (C=O) groups excluding carboxylic acids is 1. The maximum atomic E-state index is 14.4. The lowest BCUT2D eigenvalue weighted by molar-refractivity contribution is -0.119. The summed E-state index contributed by atoms with van der Waals surface area (Å²) < 4.78 is 67.9. The molecule has 0 fully saturated rings. The Kier molecular flexibility index (Phi) is 8.54. The SMILES string of the molecule is CNC(=O)CN(c1ccc(I)cc1Cc1cccc(F)c1F)S(=O)(=O)c1ccc(OC)c(OC)c1. The standard InChI is InChI=1S/C24H23F2IN2O5S/c1-28-23(30)14-29(35(31,32)18-8-10-21(33-2)22(13-18)34-3)20-9-7-17(27)12-16(20)11-15-5-4-6-19(25)24(15)26/h4-10,12-13H,11,14H2,1-3H3,(H,28,30). The van der Waals surface area contributed by atoms with Gasteiger partial charge in [-0.2, -0.15) is 0 Å². The lowest BCUT2D eigenvalue weighted by atomic mass is 10.0. The van der Waals surface area contributed by atoms with Crippen LogP contribution in [0.3, 0.4) is 0 Å². The fraction of sp³-hybridized carbons (Fsp3) is 0.208. The number of hydrogen-bond acceptors (Lipinski definition) is 5. The lowest BCUT2D eigenvalue weighted by Crippen LogP contribution is -2.40. The number of nitrogens with zero attached hydrogens (tertiary/aromatic N) is 1. The Balaban J connectivity index is 2.18. The maximum absolute atomic E-state index is 14.4. The van der Waals surface area contributed by atoms with Crippen molar-refractivity contribution < 1.29 is 31.5 Å². The highest BCUT2D eigenvalue weighted by atomic mass is 127. The Morgan fingerprint density at radius 3 is 2.37 bits per heavy atom. The van der Waals surface area contributed by atoms with E-state index < -0.39 is 34.1 Å². The first-order valence-electron chi connectivity index (χ1n) is 10.3. The summed E-state index contributed by atoms with van der Waals surface area (Å²) in [5.74, 6) is -2.05. The highest BCUT2D eigenvalue weighted by Crippen LogP contribution is 2.34. The summed E-state index contributed by atoms with van der Waals surface area (Å²) >= 11 is 2.04. The highest BCUT2D eigenvalue weighted by Gasteiger charge is 2.30. The summed E-state index contributed by atoms with van der Waals surface area (Å²) in [5, 5.41) is 2.43. The van der Waals surface area contributed by atoms with Gasteiger partial charge in [0.1, 0.15) is 6.54 Å². The molecule has 3 rings (SSSR count). The van der Waals surface area contributed by atoms with Crippen LogP contribution in [-0.2, 0) is 21.2 Å². The molecule has 1 N–H and O–H groups in total. The molecule has 0 aromatic heterocycles. The average Bonchev–Trinajstić information content (AvgIpc) is 2.85. The monoisotopic (exact) mass is 616 g/mol. The molecule has 0 radical (unpaired) electrons. The van der Waals surface area contributed by atoms with Gasteiger partial charge >= 0.3 is 0 Å². The summed E-state index contributed by atoms with van der Waals surface area (Å²) in [5.41, 5.74) is 0.610. The number of rotatable bonds is 9. The smallest absolute Gasteiger partial charge is 0.264 e. The van der Waals surface area contributed by atoms with E-state index in [1.807, 2.05) is 22.6 Å². The van der Waals surface area contributed by atoms with Crippen molar-refractivity contribution in [2.75, 3.05) is 32.1 Å². The number of ether oxygens (including phenoxy) is 2. The van der Waals surface area contributed by atoms with Crippen LogP contribution in [0.4, 0.5) is 14.5 Å². The predicted molar refractivity (Wildman–Crippen MR) is 136 cm³/mol. The number of hydrogen-bond donors (Lipinski definition) is 1. The first-order chi connectivity index (χ1) is 16.6. The normalized spacial score (nSPS) is 11.1. The van der Waals surface area contributed by atoms with Crippen LogP contribution in [0.1, 0.15) is 11.1 Å². The van der Waals surface area contributed by atoms with Gasteiger partial charge in [-0.25, -0.2) is 17.2 Å². The second-order valence-electron chi connectivity index (χ2n) is 7.36. The molecule has 35 heavy (non-hydrogen) atoms. The Hall–Kier alpha value is -2.93. The van der Waals surface area contributed by atoms with E-state index in [1.165, 1.54) is 57.7 Å². The minimum absolute atomic E-state index is 0.0525. The molecule has 0 spiro atoms. The van der Waals surface area contributed by atoms with Crippen molar-refractivity contribution in [3.8, 4) is 11.5 Å². The van der Waals surface area contributed by atoms with Crippen molar-refractivity contribution in [2.45, 2.75) is 11.3 Å². The third kappa shape index (κ3) is 5.84. The largest absolute Gasteiger partial charge is 0.493 e. The van der Waals surface area contributed by atoms with Crippen molar-refractivity contribution >= 4 is 44.2 Å². The summed E-state index contributed by atoms with van der Waals surface area (Å²) in [7, 11) is -0.106. The van der Waals surface area contributed by atoms with Gasteiger partial charge in [-0.15, -0.1) is 0 Å². The van der Waals surface area contributed by atoms with Gasteiger partial charge in [0.05, 0.1) is 24.8 Å². The molecule has 3 aromatic rings. The second kappa shape index (κ2) is 11.2. The number of nitrogens with one attached hydrogen (secondary N) is 1. The molecule has 0 unspecified atom stereocenters. The maximum Gasteiger partial charge on any atom is 0.264 e. The fourth-order valence-corrected chi connectivity index (χ4v) is 5.47. The number of methoxy groups -OCH3 is 2. The Bertz CT molecular complexity index is 1350. The van der Waals surface area contributed by atoms with Gasteiger partial charge in [0, 0.05) is 23.1 Å². The molecule has 11 heteroatoms. The summed E-state index contributed by atoms with van der Waals surface area (Å²) in [4.78, 5) is 12.2. The van der Waals surface area contributed by atoms with Gasteiger partial charge in [0.25, 0.3) is 10.0 Å². The third-order valence-corrected chi connectivity index (χ3v) is 7.66. The molecule has 1 amide bonds. The molecule has 7 nitrogen and oxygen atoms in total. The van der Waals surface area contributed by atoms with Crippen LogP contribution in [-0.4, -0.2) is 42.1 Å². The highest BCUT2D eigenvalue weighted by molar-refractivity contribution is 14.1. The van der Waals surface area contributed by atoms with E-state index in [4.69, 9.17) is 9.47 Å². The summed E-state index contributed by atoms with van der Waals surface area (Å²) in [6.07, 6.45) is -0.0958. The zero-order valence-corrected chi connectivity index (χ0v) is 22.1. The Labute approximate surface area is 216 Å². The minimum atomic E-state index is -4.30. The first-order valence-corrected chi connectivity index (χ1v) is 12.8. The lowest BCUT2D eigenvalue weighted by Gasteiger charge is -2.27. The molecule has 186 valence electrons. The molecular formula is C24H23F2IN2O5S. The van der Waals surface area contributed by atoms with Gasteiger partial charge in [-0.05, 0) is 70.1 Å². The van der Waals surface area contributed by atoms with Gasteiger partial charge < -0.3 is 14.8 Å². The predicted octanol–water partition coefficient (Wildman–Crippen LogP) is 4.12. The van der Waals surface area contributed by atoms with Gasteiger partial charge in [0.2, 0.25) is 5.91 Å². The van der Waals surface area contributed by atoms with Crippen molar-refractivity contribution in [1.29, 1.82) is 0 Å². The molecule has 0 aliphatic heterocycles. The number of carbonyl (C=O) groups is 1. The van der Waals surface area contributed by atoms with E-state index in [9.17, 15) is 22.0 Å². The number of amides is 1. The van der Waals surface area contributed by atoms with E-state index >= 15 is 0 Å². The average molecular weight is 616 g/mol. The number of halogens is 3. The molecule has 0 heterocycles. The second-order valence-corrected chi connectivity index (χ2v) is 10.5. The number of anilines is 1. The van der Waals surface area contributed by atoms with Crippen LogP contribution in [0.5, 0.6) is 11.5 Å². The third-order valence-electron chi connectivity index (χ3n) is 5.23. The number of benzene rings is 3.